The largest absolute Gasteiger partial charge is 0.303 e. The predicted octanol–water partition coefficient (Wildman–Crippen LogP) is 3.97. The van der Waals surface area contributed by atoms with Gasteiger partial charge in [-0.1, -0.05) is 52.4 Å². The lowest BCUT2D eigenvalue weighted by atomic mass is 9.91. The topological polar surface area (TPSA) is 57.6 Å². The van der Waals surface area contributed by atoms with Crippen molar-refractivity contribution in [3.05, 3.63) is 0 Å². The molecule has 0 aromatic carbocycles. The molecule has 21 heavy (non-hydrogen) atoms. The summed E-state index contributed by atoms with van der Waals surface area (Å²) in [4.78, 5) is 2.69. The van der Waals surface area contributed by atoms with Gasteiger partial charge in [0.2, 0.25) is 0 Å². The molecule has 0 aromatic rings. The Morgan fingerprint density at radius 3 is 2.00 bits per heavy atom. The van der Waals surface area contributed by atoms with E-state index < -0.39 is 10.1 Å². The Hall–Kier alpha value is -0.130. The van der Waals surface area contributed by atoms with Crippen LogP contribution in [0.3, 0.4) is 0 Å². The van der Waals surface area contributed by atoms with Crippen molar-refractivity contribution in [2.24, 2.45) is 5.92 Å². The lowest BCUT2D eigenvalue weighted by Gasteiger charge is -2.32. The molecule has 1 heterocycles. The Morgan fingerprint density at radius 1 is 1.00 bits per heavy atom. The van der Waals surface area contributed by atoms with E-state index in [0.29, 0.717) is 6.26 Å². The molecule has 0 amide bonds. The molecule has 0 atom stereocenters. The van der Waals surface area contributed by atoms with Crippen LogP contribution < -0.4 is 0 Å². The van der Waals surface area contributed by atoms with E-state index in [1.54, 1.807) is 0 Å². The molecule has 4 nitrogen and oxygen atoms in total. The molecule has 5 heteroatoms. The predicted molar refractivity (Wildman–Crippen MR) is 90.3 cm³/mol. The number of unbranched alkanes of at least 4 members (excludes halogenated alkanes) is 4. The Kier molecular flexibility index (Phi) is 12.3. The molecule has 0 unspecified atom stereocenters. The van der Waals surface area contributed by atoms with Gasteiger partial charge in [-0.05, 0) is 44.8 Å². The third kappa shape index (κ3) is 16.1. The second kappa shape index (κ2) is 12.4. The fourth-order valence-electron chi connectivity index (χ4n) is 2.75. The lowest BCUT2D eigenvalue weighted by Crippen LogP contribution is -2.34. The second-order valence-corrected chi connectivity index (χ2v) is 7.69. The van der Waals surface area contributed by atoms with E-state index in [2.05, 4.69) is 18.7 Å². The lowest BCUT2D eigenvalue weighted by molar-refractivity contribution is 0.174. The highest BCUT2D eigenvalue weighted by Crippen LogP contribution is 2.22. The van der Waals surface area contributed by atoms with Crippen molar-refractivity contribution in [3.8, 4) is 0 Å². The highest BCUT2D eigenvalue weighted by molar-refractivity contribution is 7.85. The van der Waals surface area contributed by atoms with Crippen LogP contribution in [0, 0.1) is 5.92 Å². The third-order valence-corrected chi connectivity index (χ3v) is 4.00. The van der Waals surface area contributed by atoms with Crippen LogP contribution in [0.15, 0.2) is 0 Å². The van der Waals surface area contributed by atoms with Gasteiger partial charge >= 0.3 is 0 Å². The maximum atomic E-state index is 9.19. The average Bonchev–Trinajstić information content (AvgIpc) is 2.41. The van der Waals surface area contributed by atoms with E-state index in [9.17, 15) is 8.42 Å². The summed E-state index contributed by atoms with van der Waals surface area (Å²) in [5.74, 6) is 1.05. The number of hydrogen-bond acceptors (Lipinski definition) is 3. The summed E-state index contributed by atoms with van der Waals surface area (Å²) in [6.07, 6.45) is 13.6. The number of hydrogen-bond donors (Lipinski definition) is 1. The first-order valence-corrected chi connectivity index (χ1v) is 10.4. The van der Waals surface area contributed by atoms with Crippen LogP contribution in [0.4, 0.5) is 0 Å². The van der Waals surface area contributed by atoms with Crippen LogP contribution in [0.5, 0.6) is 0 Å². The zero-order valence-electron chi connectivity index (χ0n) is 14.2. The summed E-state index contributed by atoms with van der Waals surface area (Å²) in [6, 6.07) is 0. The third-order valence-electron chi connectivity index (χ3n) is 4.00. The van der Waals surface area contributed by atoms with Gasteiger partial charge in [-0.25, -0.2) is 0 Å². The van der Waals surface area contributed by atoms with Crippen molar-refractivity contribution >= 4 is 10.1 Å². The maximum Gasteiger partial charge on any atom is 0.261 e. The van der Waals surface area contributed by atoms with E-state index in [-0.39, 0.29) is 0 Å². The summed E-state index contributed by atoms with van der Waals surface area (Å²) in [5, 5.41) is 0. The normalized spacial score (nSPS) is 17.3. The van der Waals surface area contributed by atoms with Gasteiger partial charge in [0, 0.05) is 0 Å². The molecule has 0 bridgehead atoms. The SMILES string of the molecule is CCCCCCN1CCC(CCCC)CC1.CS(=O)(=O)O. The zero-order chi connectivity index (χ0) is 16.1. The molecule has 1 N–H and O–H groups in total. The molecule has 0 radical (unpaired) electrons. The molecule has 0 saturated carbocycles. The molecule has 1 saturated heterocycles. The van der Waals surface area contributed by atoms with E-state index >= 15 is 0 Å². The Bertz CT molecular complexity index is 314. The van der Waals surface area contributed by atoms with Crippen LogP contribution in [-0.2, 0) is 10.1 Å². The van der Waals surface area contributed by atoms with Crippen molar-refractivity contribution in [2.75, 3.05) is 25.9 Å². The smallest absolute Gasteiger partial charge is 0.261 e. The quantitative estimate of drug-likeness (QED) is 0.543. The summed E-state index contributed by atoms with van der Waals surface area (Å²) < 4.78 is 25.9. The van der Waals surface area contributed by atoms with Crippen LogP contribution >= 0.6 is 0 Å². The van der Waals surface area contributed by atoms with Gasteiger partial charge in [-0.15, -0.1) is 0 Å². The van der Waals surface area contributed by atoms with E-state index in [1.165, 1.54) is 77.4 Å². The van der Waals surface area contributed by atoms with Gasteiger partial charge in [0.25, 0.3) is 10.1 Å². The van der Waals surface area contributed by atoms with E-state index in [0.717, 1.165) is 5.92 Å². The highest BCUT2D eigenvalue weighted by atomic mass is 32.2. The van der Waals surface area contributed by atoms with Crippen molar-refractivity contribution in [1.82, 2.24) is 4.90 Å². The minimum atomic E-state index is -3.67. The minimum Gasteiger partial charge on any atom is -0.303 e. The van der Waals surface area contributed by atoms with Crippen molar-refractivity contribution in [3.63, 3.8) is 0 Å². The first-order chi connectivity index (χ1) is 9.86. The molecule has 1 rings (SSSR count). The molecule has 1 aliphatic rings. The Morgan fingerprint density at radius 2 is 1.52 bits per heavy atom. The summed E-state index contributed by atoms with van der Waals surface area (Å²) in [6.45, 7) is 8.71. The molecule has 0 spiro atoms. The maximum absolute atomic E-state index is 9.19. The molecule has 128 valence electrons. The van der Waals surface area contributed by atoms with Gasteiger partial charge < -0.3 is 4.90 Å². The van der Waals surface area contributed by atoms with Crippen LogP contribution in [-0.4, -0.2) is 43.8 Å². The molecule has 0 aromatic heterocycles. The summed E-state index contributed by atoms with van der Waals surface area (Å²) in [5.41, 5.74) is 0. The Balaban J connectivity index is 0.000000690. The molecule has 1 aliphatic heterocycles. The van der Waals surface area contributed by atoms with Crippen LogP contribution in [0.1, 0.15) is 71.6 Å². The molecule has 1 fully saturated rings. The standard InChI is InChI=1S/C15H31N.CH4O3S/c1-3-5-7-8-12-16-13-10-15(11-14-16)9-6-4-2;1-5(2,3)4/h15H,3-14H2,1-2H3;1H3,(H,2,3,4). The van der Waals surface area contributed by atoms with Gasteiger partial charge in [0.1, 0.15) is 0 Å². The first-order valence-electron chi connectivity index (χ1n) is 8.51. The van der Waals surface area contributed by atoms with E-state index in [4.69, 9.17) is 4.55 Å². The Labute approximate surface area is 132 Å². The summed E-state index contributed by atoms with van der Waals surface area (Å²) >= 11 is 0. The van der Waals surface area contributed by atoms with Gasteiger partial charge in [0.05, 0.1) is 6.26 Å². The van der Waals surface area contributed by atoms with Crippen molar-refractivity contribution in [2.45, 2.75) is 71.6 Å². The first kappa shape index (κ1) is 20.9. The highest BCUT2D eigenvalue weighted by Gasteiger charge is 2.17. The summed E-state index contributed by atoms with van der Waals surface area (Å²) in [7, 11) is -3.67. The fraction of sp³-hybridized carbons (Fsp3) is 1.00. The minimum absolute atomic E-state index is 0.715. The monoisotopic (exact) mass is 321 g/mol. The second-order valence-electron chi connectivity index (χ2n) is 6.22. The zero-order valence-corrected chi connectivity index (χ0v) is 15.0. The molecular formula is C16H35NO3S. The number of likely N-dealkylation sites (tertiary alicyclic amines) is 1. The van der Waals surface area contributed by atoms with Crippen LogP contribution in [0.25, 0.3) is 0 Å². The van der Waals surface area contributed by atoms with E-state index in [1.807, 2.05) is 0 Å². The fourth-order valence-corrected chi connectivity index (χ4v) is 2.75. The number of nitrogens with zero attached hydrogens (tertiary/aromatic N) is 1. The average molecular weight is 322 g/mol. The van der Waals surface area contributed by atoms with Gasteiger partial charge in [0.15, 0.2) is 0 Å². The van der Waals surface area contributed by atoms with Gasteiger partial charge in [-0.3, -0.25) is 4.55 Å². The number of piperidine rings is 1. The molecule has 0 aliphatic carbocycles. The molecular weight excluding hydrogens is 286 g/mol. The van der Waals surface area contributed by atoms with Crippen molar-refractivity contribution < 1.29 is 13.0 Å². The van der Waals surface area contributed by atoms with Gasteiger partial charge in [-0.2, -0.15) is 8.42 Å². The van der Waals surface area contributed by atoms with Crippen molar-refractivity contribution in [1.29, 1.82) is 0 Å². The number of rotatable bonds is 8. The van der Waals surface area contributed by atoms with Crippen LogP contribution in [0.2, 0.25) is 0 Å².